The maximum absolute atomic E-state index is 12.9. The van der Waals surface area contributed by atoms with Crippen LogP contribution in [0.25, 0.3) is 0 Å². The predicted molar refractivity (Wildman–Crippen MR) is 120 cm³/mol. The molecule has 0 saturated carbocycles. The van der Waals surface area contributed by atoms with Gasteiger partial charge in [0.15, 0.2) is 0 Å². The highest BCUT2D eigenvalue weighted by molar-refractivity contribution is 7.80. The van der Waals surface area contributed by atoms with Gasteiger partial charge in [0.1, 0.15) is 5.75 Å². The number of ether oxygens (including phenoxy) is 1. The first kappa shape index (κ1) is 22.1. The Morgan fingerprint density at radius 3 is 2.60 bits per heavy atom. The zero-order valence-corrected chi connectivity index (χ0v) is 17.6. The Labute approximate surface area is 182 Å². The molecule has 2 aromatic carbocycles. The minimum Gasteiger partial charge on any atom is -0.492 e. The van der Waals surface area contributed by atoms with Crippen molar-refractivity contribution in [3.8, 4) is 5.75 Å². The van der Waals surface area contributed by atoms with Crippen molar-refractivity contribution in [2.24, 2.45) is 11.5 Å². The van der Waals surface area contributed by atoms with Gasteiger partial charge in [-0.1, -0.05) is 42.5 Å². The SMILES string of the molecule is NC(=O)[C@@H](CNC(=O)c1cccc2c1OCCC2NC[C@@H](N)CS)c1ccccc1. The molecule has 1 heterocycles. The Bertz CT molecular complexity index is 878. The second kappa shape index (κ2) is 10.5. The second-order valence-electron chi connectivity index (χ2n) is 7.34. The lowest BCUT2D eigenvalue weighted by molar-refractivity contribution is -0.119. The molecule has 1 aliphatic rings. The minimum atomic E-state index is -0.604. The van der Waals surface area contributed by atoms with E-state index in [9.17, 15) is 9.59 Å². The number of rotatable bonds is 9. The van der Waals surface area contributed by atoms with Crippen molar-refractivity contribution in [3.05, 3.63) is 65.2 Å². The number of nitrogens with one attached hydrogen (secondary N) is 2. The van der Waals surface area contributed by atoms with E-state index < -0.39 is 11.8 Å². The van der Waals surface area contributed by atoms with Gasteiger partial charge in [-0.05, 0) is 11.6 Å². The first-order chi connectivity index (χ1) is 14.5. The van der Waals surface area contributed by atoms with E-state index in [1.165, 1.54) is 0 Å². The van der Waals surface area contributed by atoms with Crippen LogP contribution < -0.4 is 26.8 Å². The van der Waals surface area contributed by atoms with Crippen LogP contribution in [-0.2, 0) is 4.79 Å². The van der Waals surface area contributed by atoms with Crippen LogP contribution >= 0.6 is 12.6 Å². The molecule has 8 heteroatoms. The summed E-state index contributed by atoms with van der Waals surface area (Å²) in [5.74, 6) is -0.241. The summed E-state index contributed by atoms with van der Waals surface area (Å²) in [5, 5.41) is 6.27. The third-order valence-electron chi connectivity index (χ3n) is 5.19. The van der Waals surface area contributed by atoms with Gasteiger partial charge in [0.25, 0.3) is 5.91 Å². The van der Waals surface area contributed by atoms with Gasteiger partial charge in [-0.15, -0.1) is 0 Å². The standard InChI is InChI=1S/C22H28N4O3S/c23-15(13-30)11-25-19-9-10-29-20-16(19)7-4-8-17(20)22(28)26-12-18(21(24)27)14-5-2-1-3-6-14/h1-8,15,18-19,25,30H,9-13,23H2,(H2,24,27)(H,26,28)/t15-,18+,19?/m1/s1. The molecular formula is C22H28N4O3S. The molecule has 7 nitrogen and oxygen atoms in total. The van der Waals surface area contributed by atoms with E-state index in [1.54, 1.807) is 6.07 Å². The summed E-state index contributed by atoms with van der Waals surface area (Å²) in [6.45, 7) is 1.24. The quantitative estimate of drug-likeness (QED) is 0.386. The number of amides is 2. The van der Waals surface area contributed by atoms with Gasteiger partial charge >= 0.3 is 0 Å². The van der Waals surface area contributed by atoms with Gasteiger partial charge in [-0.2, -0.15) is 12.6 Å². The third-order valence-corrected chi connectivity index (χ3v) is 5.66. The number of carbonyl (C=O) groups excluding carboxylic acids is 2. The molecule has 1 unspecified atom stereocenters. The summed E-state index contributed by atoms with van der Waals surface area (Å²) in [4.78, 5) is 24.8. The zero-order chi connectivity index (χ0) is 21.5. The number of para-hydroxylation sites is 1. The van der Waals surface area contributed by atoms with Crippen molar-refractivity contribution in [1.82, 2.24) is 10.6 Å². The maximum Gasteiger partial charge on any atom is 0.255 e. The molecule has 160 valence electrons. The minimum absolute atomic E-state index is 0.0465. The third kappa shape index (κ3) is 5.33. The molecular weight excluding hydrogens is 400 g/mol. The number of nitrogens with two attached hydrogens (primary N) is 2. The fraction of sp³-hybridized carbons (Fsp3) is 0.364. The van der Waals surface area contributed by atoms with Gasteiger partial charge in [0.2, 0.25) is 5.91 Å². The summed E-state index contributed by atoms with van der Waals surface area (Å²) in [6, 6.07) is 14.7. The number of primary amides is 1. The Morgan fingerprint density at radius 1 is 1.13 bits per heavy atom. The smallest absolute Gasteiger partial charge is 0.255 e. The predicted octanol–water partition coefficient (Wildman–Crippen LogP) is 1.36. The molecule has 0 bridgehead atoms. The zero-order valence-electron chi connectivity index (χ0n) is 16.7. The summed E-state index contributed by atoms with van der Waals surface area (Å²) in [7, 11) is 0. The van der Waals surface area contributed by atoms with E-state index in [1.807, 2.05) is 42.5 Å². The Balaban J connectivity index is 1.73. The topological polar surface area (TPSA) is 119 Å². The molecule has 3 atom stereocenters. The Morgan fingerprint density at radius 2 is 1.90 bits per heavy atom. The van der Waals surface area contributed by atoms with Crippen LogP contribution in [0, 0.1) is 0 Å². The van der Waals surface area contributed by atoms with E-state index in [-0.39, 0.29) is 24.5 Å². The highest BCUT2D eigenvalue weighted by Gasteiger charge is 2.27. The van der Waals surface area contributed by atoms with E-state index in [2.05, 4.69) is 23.3 Å². The number of carbonyl (C=O) groups is 2. The Kier molecular flexibility index (Phi) is 7.73. The van der Waals surface area contributed by atoms with Crippen LogP contribution in [0.1, 0.15) is 39.9 Å². The molecule has 0 aromatic heterocycles. The first-order valence-electron chi connectivity index (χ1n) is 9.99. The van der Waals surface area contributed by atoms with Crippen LogP contribution in [0.2, 0.25) is 0 Å². The van der Waals surface area contributed by atoms with Crippen molar-refractivity contribution < 1.29 is 14.3 Å². The highest BCUT2D eigenvalue weighted by Crippen LogP contribution is 2.35. The van der Waals surface area contributed by atoms with Gasteiger partial charge in [-0.3, -0.25) is 9.59 Å². The Hall–Kier alpha value is -2.55. The van der Waals surface area contributed by atoms with E-state index in [4.69, 9.17) is 16.2 Å². The van der Waals surface area contributed by atoms with Gasteiger partial charge in [0.05, 0.1) is 18.1 Å². The molecule has 2 amide bonds. The molecule has 1 aliphatic heterocycles. The van der Waals surface area contributed by atoms with Gasteiger partial charge in [-0.25, -0.2) is 0 Å². The number of fused-ring (bicyclic) bond motifs is 1. The van der Waals surface area contributed by atoms with Crippen molar-refractivity contribution >= 4 is 24.4 Å². The maximum atomic E-state index is 12.9. The van der Waals surface area contributed by atoms with E-state index in [0.717, 1.165) is 17.5 Å². The molecule has 3 rings (SSSR count). The lowest BCUT2D eigenvalue weighted by Crippen LogP contribution is -2.39. The van der Waals surface area contributed by atoms with Crippen LogP contribution in [-0.4, -0.2) is 43.3 Å². The highest BCUT2D eigenvalue weighted by atomic mass is 32.1. The average molecular weight is 429 g/mol. The molecule has 2 aromatic rings. The largest absolute Gasteiger partial charge is 0.492 e. The van der Waals surface area contributed by atoms with Crippen molar-refractivity contribution in [2.75, 3.05) is 25.4 Å². The molecule has 6 N–H and O–H groups in total. The molecule has 0 saturated heterocycles. The van der Waals surface area contributed by atoms with E-state index in [0.29, 0.717) is 30.2 Å². The molecule has 0 aliphatic carbocycles. The summed E-state index contributed by atoms with van der Waals surface area (Å²) in [5.41, 5.74) is 13.6. The lowest BCUT2D eigenvalue weighted by Gasteiger charge is -2.29. The van der Waals surface area contributed by atoms with Crippen molar-refractivity contribution in [3.63, 3.8) is 0 Å². The number of hydrogen-bond acceptors (Lipinski definition) is 6. The normalized spacial score (nSPS) is 17.3. The van der Waals surface area contributed by atoms with Crippen molar-refractivity contribution in [2.45, 2.75) is 24.4 Å². The van der Waals surface area contributed by atoms with E-state index >= 15 is 0 Å². The fourth-order valence-electron chi connectivity index (χ4n) is 3.53. The molecule has 0 spiro atoms. The van der Waals surface area contributed by atoms with Crippen LogP contribution in [0.5, 0.6) is 5.75 Å². The first-order valence-corrected chi connectivity index (χ1v) is 10.6. The lowest BCUT2D eigenvalue weighted by atomic mass is 9.96. The summed E-state index contributed by atoms with van der Waals surface area (Å²) < 4.78 is 5.84. The van der Waals surface area contributed by atoms with Crippen LogP contribution in [0.4, 0.5) is 0 Å². The van der Waals surface area contributed by atoms with Crippen LogP contribution in [0.3, 0.4) is 0 Å². The number of hydrogen-bond donors (Lipinski definition) is 5. The molecule has 0 fully saturated rings. The fourth-order valence-corrected chi connectivity index (χ4v) is 3.66. The van der Waals surface area contributed by atoms with Gasteiger partial charge in [0, 0.05) is 42.9 Å². The average Bonchev–Trinajstić information content (AvgIpc) is 2.77. The second-order valence-corrected chi connectivity index (χ2v) is 7.71. The molecule has 0 radical (unpaired) electrons. The number of thiol groups is 1. The summed E-state index contributed by atoms with van der Waals surface area (Å²) in [6.07, 6.45) is 0.787. The van der Waals surface area contributed by atoms with Gasteiger partial charge < -0.3 is 26.8 Å². The molecule has 30 heavy (non-hydrogen) atoms. The summed E-state index contributed by atoms with van der Waals surface area (Å²) >= 11 is 4.22. The van der Waals surface area contributed by atoms with Crippen LogP contribution in [0.15, 0.2) is 48.5 Å². The number of benzene rings is 2. The van der Waals surface area contributed by atoms with Crippen molar-refractivity contribution in [1.29, 1.82) is 0 Å². The monoisotopic (exact) mass is 428 g/mol.